The van der Waals surface area contributed by atoms with Crippen molar-refractivity contribution in [3.63, 3.8) is 0 Å². The summed E-state index contributed by atoms with van der Waals surface area (Å²) >= 11 is 0. The van der Waals surface area contributed by atoms with Crippen molar-refractivity contribution in [2.45, 2.75) is 6.42 Å². The van der Waals surface area contributed by atoms with E-state index in [9.17, 15) is 9.59 Å². The molecule has 0 bridgehead atoms. The van der Waals surface area contributed by atoms with Crippen molar-refractivity contribution in [2.24, 2.45) is 0 Å². The quantitative estimate of drug-likeness (QED) is 0.759. The van der Waals surface area contributed by atoms with Gasteiger partial charge in [0, 0.05) is 26.3 Å². The Morgan fingerprint density at radius 2 is 2.15 bits per heavy atom. The highest BCUT2D eigenvalue weighted by Gasteiger charge is 2.24. The first kappa shape index (κ1) is 12.7. The predicted octanol–water partition coefficient (Wildman–Crippen LogP) is 0.815. The summed E-state index contributed by atoms with van der Waals surface area (Å²) in [5, 5.41) is 0. The van der Waals surface area contributed by atoms with Gasteiger partial charge in [0.15, 0.2) is 12.1 Å². The minimum Gasteiger partial charge on any atom is -0.345 e. The van der Waals surface area contributed by atoms with Gasteiger partial charge in [-0.05, 0) is 18.6 Å². The zero-order valence-corrected chi connectivity index (χ0v) is 11.3. The number of fused-ring (bicyclic) bond motifs is 1. The Bertz CT molecular complexity index is 664. The van der Waals surface area contributed by atoms with Crippen LogP contribution in [0.25, 0.3) is 5.65 Å². The number of anilines is 1. The van der Waals surface area contributed by atoms with E-state index in [1.54, 1.807) is 22.5 Å². The number of carbonyl (C=O) groups is 2. The second kappa shape index (κ2) is 4.96. The fourth-order valence-corrected chi connectivity index (χ4v) is 2.51. The Hall–Kier alpha value is -2.37. The minimum absolute atomic E-state index is 0.0522. The lowest BCUT2D eigenvalue weighted by molar-refractivity contribution is -0.127. The first-order valence-electron chi connectivity index (χ1n) is 6.62. The summed E-state index contributed by atoms with van der Waals surface area (Å²) < 4.78 is 1.75. The number of hydrogen-bond acceptors (Lipinski definition) is 4. The van der Waals surface area contributed by atoms with E-state index < -0.39 is 0 Å². The number of pyridine rings is 1. The molecule has 104 valence electrons. The van der Waals surface area contributed by atoms with Crippen LogP contribution in [0.4, 0.5) is 5.82 Å². The first-order chi connectivity index (χ1) is 9.70. The molecular formula is C14H16N4O2. The maximum absolute atomic E-state index is 12.0. The molecule has 1 fully saturated rings. The molecule has 2 aromatic heterocycles. The molecule has 0 spiro atoms. The number of rotatable bonds is 2. The van der Waals surface area contributed by atoms with Crippen LogP contribution in [0.15, 0.2) is 24.4 Å². The third-order valence-corrected chi connectivity index (χ3v) is 3.63. The van der Waals surface area contributed by atoms with Crippen LogP contribution >= 0.6 is 0 Å². The maximum Gasteiger partial charge on any atom is 0.241 e. The number of nitrogens with zero attached hydrogens (tertiary/aromatic N) is 4. The molecule has 3 rings (SSSR count). The largest absolute Gasteiger partial charge is 0.345 e. The highest BCUT2D eigenvalue weighted by atomic mass is 16.2. The van der Waals surface area contributed by atoms with Crippen molar-refractivity contribution in [1.82, 2.24) is 14.3 Å². The van der Waals surface area contributed by atoms with Crippen molar-refractivity contribution in [3.05, 3.63) is 30.1 Å². The smallest absolute Gasteiger partial charge is 0.241 e. The van der Waals surface area contributed by atoms with Crippen molar-refractivity contribution in [2.75, 3.05) is 31.6 Å². The molecule has 0 N–H and O–H groups in total. The van der Waals surface area contributed by atoms with Gasteiger partial charge in [-0.1, -0.05) is 6.07 Å². The van der Waals surface area contributed by atoms with Gasteiger partial charge >= 0.3 is 0 Å². The Kier molecular flexibility index (Phi) is 3.14. The summed E-state index contributed by atoms with van der Waals surface area (Å²) in [6.07, 6.45) is 3.48. The monoisotopic (exact) mass is 272 g/mol. The molecule has 2 aromatic rings. The Labute approximate surface area is 116 Å². The summed E-state index contributed by atoms with van der Waals surface area (Å²) in [5.41, 5.74) is 1.22. The molecule has 3 heterocycles. The SMILES string of the molecule is CN1CCCN(c2nc3ccccn3c2C=O)CC1=O. The van der Waals surface area contributed by atoms with Crippen molar-refractivity contribution in [1.29, 1.82) is 0 Å². The van der Waals surface area contributed by atoms with E-state index in [2.05, 4.69) is 4.98 Å². The van der Waals surface area contributed by atoms with Crippen molar-refractivity contribution >= 4 is 23.7 Å². The second-order valence-corrected chi connectivity index (χ2v) is 4.96. The third kappa shape index (κ3) is 2.03. The molecule has 0 unspecified atom stereocenters. The lowest BCUT2D eigenvalue weighted by Gasteiger charge is -2.19. The number of amides is 1. The van der Waals surface area contributed by atoms with Gasteiger partial charge in [0.05, 0.1) is 6.54 Å². The average molecular weight is 272 g/mol. The van der Waals surface area contributed by atoms with Crippen LogP contribution in [0.2, 0.25) is 0 Å². The van der Waals surface area contributed by atoms with Gasteiger partial charge < -0.3 is 9.80 Å². The van der Waals surface area contributed by atoms with Crippen molar-refractivity contribution < 1.29 is 9.59 Å². The number of aldehydes is 1. The molecule has 0 radical (unpaired) electrons. The summed E-state index contributed by atoms with van der Waals surface area (Å²) in [5.74, 6) is 0.645. The standard InChI is InChI=1S/C14H16N4O2/c1-16-6-4-7-17(9-13(16)20)14-11(10-19)18-8-3-2-5-12(18)15-14/h2-3,5,8,10H,4,6-7,9H2,1H3. The molecule has 0 saturated carbocycles. The molecule has 6 heteroatoms. The molecule has 1 aliphatic rings. The van der Waals surface area contributed by atoms with Gasteiger partial charge in [-0.15, -0.1) is 0 Å². The fraction of sp³-hybridized carbons (Fsp3) is 0.357. The van der Waals surface area contributed by atoms with Crippen LogP contribution in [0.1, 0.15) is 16.9 Å². The molecule has 0 aliphatic carbocycles. The average Bonchev–Trinajstić information content (AvgIpc) is 2.75. The normalized spacial score (nSPS) is 16.6. The van der Waals surface area contributed by atoms with E-state index in [0.29, 0.717) is 11.5 Å². The fourth-order valence-electron chi connectivity index (χ4n) is 2.51. The summed E-state index contributed by atoms with van der Waals surface area (Å²) in [6, 6.07) is 5.58. The van der Waals surface area contributed by atoms with E-state index in [0.717, 1.165) is 31.4 Å². The first-order valence-corrected chi connectivity index (χ1v) is 6.62. The van der Waals surface area contributed by atoms with Gasteiger partial charge in [0.1, 0.15) is 11.3 Å². The molecule has 20 heavy (non-hydrogen) atoms. The minimum atomic E-state index is 0.0522. The maximum atomic E-state index is 12.0. The van der Waals surface area contributed by atoms with E-state index in [1.807, 2.05) is 23.1 Å². The third-order valence-electron chi connectivity index (χ3n) is 3.63. The molecule has 6 nitrogen and oxygen atoms in total. The van der Waals surface area contributed by atoms with Gasteiger partial charge in [0.25, 0.3) is 0 Å². The Morgan fingerprint density at radius 1 is 1.30 bits per heavy atom. The summed E-state index contributed by atoms with van der Waals surface area (Å²) in [7, 11) is 1.80. The zero-order valence-electron chi connectivity index (χ0n) is 11.3. The lowest BCUT2D eigenvalue weighted by atomic mass is 10.3. The van der Waals surface area contributed by atoms with Gasteiger partial charge in [0.2, 0.25) is 5.91 Å². The summed E-state index contributed by atoms with van der Waals surface area (Å²) in [6.45, 7) is 1.72. The molecule has 1 aliphatic heterocycles. The number of imidazole rings is 1. The number of aromatic nitrogens is 2. The Morgan fingerprint density at radius 3 is 2.95 bits per heavy atom. The van der Waals surface area contributed by atoms with Crippen LogP contribution in [0.5, 0.6) is 0 Å². The number of likely N-dealkylation sites (N-methyl/N-ethyl adjacent to an activating group) is 1. The Balaban J connectivity index is 2.04. The number of hydrogen-bond donors (Lipinski definition) is 0. The number of carbonyl (C=O) groups excluding carboxylic acids is 2. The van der Waals surface area contributed by atoms with E-state index >= 15 is 0 Å². The van der Waals surface area contributed by atoms with Crippen LogP contribution in [-0.2, 0) is 4.79 Å². The van der Waals surface area contributed by atoms with Crippen LogP contribution < -0.4 is 4.90 Å². The van der Waals surface area contributed by atoms with Gasteiger partial charge in [-0.2, -0.15) is 0 Å². The van der Waals surface area contributed by atoms with Gasteiger partial charge in [-0.3, -0.25) is 14.0 Å². The van der Waals surface area contributed by atoms with E-state index in [4.69, 9.17) is 0 Å². The summed E-state index contributed by atoms with van der Waals surface area (Å²) in [4.78, 5) is 31.5. The van der Waals surface area contributed by atoms with E-state index in [1.165, 1.54) is 0 Å². The topological polar surface area (TPSA) is 57.9 Å². The predicted molar refractivity (Wildman–Crippen MR) is 75.0 cm³/mol. The van der Waals surface area contributed by atoms with Crippen LogP contribution in [-0.4, -0.2) is 53.2 Å². The molecule has 1 amide bonds. The highest BCUT2D eigenvalue weighted by Crippen LogP contribution is 2.21. The van der Waals surface area contributed by atoms with Crippen LogP contribution in [0, 0.1) is 0 Å². The van der Waals surface area contributed by atoms with E-state index in [-0.39, 0.29) is 12.5 Å². The molecule has 1 saturated heterocycles. The highest BCUT2D eigenvalue weighted by molar-refractivity contribution is 5.87. The molecule has 0 aromatic carbocycles. The second-order valence-electron chi connectivity index (χ2n) is 4.96. The lowest BCUT2D eigenvalue weighted by Crippen LogP contribution is -2.34. The molecule has 0 atom stereocenters. The van der Waals surface area contributed by atoms with Crippen LogP contribution in [0.3, 0.4) is 0 Å². The van der Waals surface area contributed by atoms with Crippen molar-refractivity contribution in [3.8, 4) is 0 Å². The zero-order chi connectivity index (χ0) is 14.1. The van der Waals surface area contributed by atoms with Gasteiger partial charge in [-0.25, -0.2) is 4.98 Å². The molecular weight excluding hydrogens is 256 g/mol.